The first-order valence-corrected chi connectivity index (χ1v) is 7.55. The van der Waals surface area contributed by atoms with Crippen molar-refractivity contribution in [2.75, 3.05) is 0 Å². The highest BCUT2D eigenvalue weighted by Crippen LogP contribution is 2.28. The Bertz CT molecular complexity index is 746. The SMILES string of the molecule is O=COC(C(=O)OCc1ccc(Br)cc1)c1ccccc1[N+](=O)[O-]. The number of carbonyl (C=O) groups is 2. The third-order valence-electron chi connectivity index (χ3n) is 3.12. The van der Waals surface area contributed by atoms with Crippen LogP contribution in [-0.4, -0.2) is 17.4 Å². The first-order valence-electron chi connectivity index (χ1n) is 6.76. The maximum atomic E-state index is 12.2. The van der Waals surface area contributed by atoms with E-state index in [0.29, 0.717) is 0 Å². The Morgan fingerprint density at radius 1 is 1.21 bits per heavy atom. The van der Waals surface area contributed by atoms with Gasteiger partial charge >= 0.3 is 5.97 Å². The number of para-hydroxylation sites is 1. The second kappa shape index (κ2) is 8.21. The molecule has 7 nitrogen and oxygen atoms in total. The van der Waals surface area contributed by atoms with Gasteiger partial charge in [0.15, 0.2) is 0 Å². The fraction of sp³-hybridized carbons (Fsp3) is 0.125. The lowest BCUT2D eigenvalue weighted by Gasteiger charge is -2.14. The van der Waals surface area contributed by atoms with Gasteiger partial charge in [-0.15, -0.1) is 0 Å². The van der Waals surface area contributed by atoms with Gasteiger partial charge in [0, 0.05) is 10.5 Å². The number of hydrogen-bond donors (Lipinski definition) is 0. The van der Waals surface area contributed by atoms with Crippen LogP contribution < -0.4 is 0 Å². The van der Waals surface area contributed by atoms with Gasteiger partial charge in [-0.3, -0.25) is 14.9 Å². The van der Waals surface area contributed by atoms with Gasteiger partial charge in [0.2, 0.25) is 6.10 Å². The molecule has 0 radical (unpaired) electrons. The zero-order valence-electron chi connectivity index (χ0n) is 12.3. The molecule has 0 N–H and O–H groups in total. The topological polar surface area (TPSA) is 95.7 Å². The van der Waals surface area contributed by atoms with E-state index in [1.54, 1.807) is 24.3 Å². The maximum Gasteiger partial charge on any atom is 0.352 e. The number of hydrogen-bond acceptors (Lipinski definition) is 6. The van der Waals surface area contributed by atoms with E-state index in [1.165, 1.54) is 24.3 Å². The van der Waals surface area contributed by atoms with Gasteiger partial charge in [-0.25, -0.2) is 4.79 Å². The lowest BCUT2D eigenvalue weighted by molar-refractivity contribution is -0.386. The largest absolute Gasteiger partial charge is 0.458 e. The summed E-state index contributed by atoms with van der Waals surface area (Å²) < 4.78 is 10.7. The summed E-state index contributed by atoms with van der Waals surface area (Å²) >= 11 is 3.29. The molecule has 2 aromatic rings. The molecular weight excluding hydrogens is 382 g/mol. The van der Waals surface area contributed by atoms with Crippen LogP contribution in [0.1, 0.15) is 17.2 Å². The second-order valence-electron chi connectivity index (χ2n) is 4.66. The number of benzene rings is 2. The molecule has 0 bridgehead atoms. The van der Waals surface area contributed by atoms with Crippen LogP contribution in [0.2, 0.25) is 0 Å². The molecule has 1 atom stereocenters. The van der Waals surface area contributed by atoms with Crippen molar-refractivity contribution in [3.63, 3.8) is 0 Å². The van der Waals surface area contributed by atoms with Crippen LogP contribution in [0.15, 0.2) is 53.0 Å². The maximum absolute atomic E-state index is 12.2. The number of rotatable bonds is 7. The van der Waals surface area contributed by atoms with E-state index < -0.39 is 17.0 Å². The summed E-state index contributed by atoms with van der Waals surface area (Å²) in [7, 11) is 0. The van der Waals surface area contributed by atoms with Crippen molar-refractivity contribution < 1.29 is 24.0 Å². The molecule has 0 fully saturated rings. The Morgan fingerprint density at radius 3 is 2.50 bits per heavy atom. The molecule has 0 saturated carbocycles. The Morgan fingerprint density at radius 2 is 1.88 bits per heavy atom. The molecule has 0 saturated heterocycles. The summed E-state index contributed by atoms with van der Waals surface area (Å²) in [5.41, 5.74) is 0.347. The summed E-state index contributed by atoms with van der Waals surface area (Å²) in [4.78, 5) is 33.3. The predicted molar refractivity (Wildman–Crippen MR) is 86.9 cm³/mol. The van der Waals surface area contributed by atoms with Crippen LogP contribution in [0, 0.1) is 10.1 Å². The van der Waals surface area contributed by atoms with Gasteiger partial charge < -0.3 is 9.47 Å². The van der Waals surface area contributed by atoms with Gasteiger partial charge in [-0.1, -0.05) is 40.2 Å². The fourth-order valence-electron chi connectivity index (χ4n) is 2.00. The molecule has 2 aromatic carbocycles. The average molecular weight is 394 g/mol. The molecule has 0 aromatic heterocycles. The van der Waals surface area contributed by atoms with Crippen molar-refractivity contribution in [2.24, 2.45) is 0 Å². The number of nitro benzene ring substituents is 1. The summed E-state index contributed by atoms with van der Waals surface area (Å²) in [5, 5.41) is 11.1. The highest BCUT2D eigenvalue weighted by Gasteiger charge is 2.30. The lowest BCUT2D eigenvalue weighted by Crippen LogP contribution is -2.19. The van der Waals surface area contributed by atoms with Crippen LogP contribution in [0.3, 0.4) is 0 Å². The van der Waals surface area contributed by atoms with Gasteiger partial charge in [0.1, 0.15) is 6.61 Å². The third-order valence-corrected chi connectivity index (χ3v) is 3.64. The molecule has 124 valence electrons. The summed E-state index contributed by atoms with van der Waals surface area (Å²) in [6.45, 7) is 0.00768. The molecule has 2 rings (SSSR count). The van der Waals surface area contributed by atoms with Crippen LogP contribution in [-0.2, 0) is 25.7 Å². The predicted octanol–water partition coefficient (Wildman–Crippen LogP) is 3.31. The van der Waals surface area contributed by atoms with Gasteiger partial charge in [-0.05, 0) is 23.8 Å². The van der Waals surface area contributed by atoms with Gasteiger partial charge in [0.25, 0.3) is 12.2 Å². The Labute approximate surface area is 145 Å². The zero-order valence-corrected chi connectivity index (χ0v) is 13.8. The van der Waals surface area contributed by atoms with Crippen LogP contribution >= 0.6 is 15.9 Å². The Kier molecular flexibility index (Phi) is 6.02. The first kappa shape index (κ1) is 17.6. The molecular formula is C16H12BrNO6. The minimum atomic E-state index is -1.50. The standard InChI is InChI=1S/C16H12BrNO6/c17-12-7-5-11(6-8-12)9-23-16(20)15(24-10-19)13-3-1-2-4-14(13)18(21)22/h1-8,10,15H,9H2. The van der Waals surface area contributed by atoms with Crippen molar-refractivity contribution in [2.45, 2.75) is 12.7 Å². The van der Waals surface area contributed by atoms with Crippen LogP contribution in [0.5, 0.6) is 0 Å². The molecule has 0 aliphatic carbocycles. The number of nitrogens with zero attached hydrogens (tertiary/aromatic N) is 1. The minimum absolute atomic E-state index is 0.0459. The molecule has 1 unspecified atom stereocenters. The molecule has 24 heavy (non-hydrogen) atoms. The lowest BCUT2D eigenvalue weighted by atomic mass is 10.1. The van der Waals surface area contributed by atoms with Crippen molar-refractivity contribution >= 4 is 34.1 Å². The van der Waals surface area contributed by atoms with Crippen molar-refractivity contribution in [3.8, 4) is 0 Å². The monoisotopic (exact) mass is 393 g/mol. The molecule has 0 aliphatic rings. The number of halogens is 1. The molecule has 0 aliphatic heterocycles. The van der Waals surface area contributed by atoms with Crippen molar-refractivity contribution in [1.82, 2.24) is 0 Å². The first-order chi connectivity index (χ1) is 11.5. The fourth-order valence-corrected chi connectivity index (χ4v) is 2.26. The van der Waals surface area contributed by atoms with E-state index in [9.17, 15) is 19.7 Å². The summed E-state index contributed by atoms with van der Waals surface area (Å²) in [6.07, 6.45) is -1.50. The van der Waals surface area contributed by atoms with Gasteiger partial charge in [0.05, 0.1) is 10.5 Å². The van der Waals surface area contributed by atoms with E-state index in [4.69, 9.17) is 9.47 Å². The number of nitro groups is 1. The third kappa shape index (κ3) is 4.39. The van der Waals surface area contributed by atoms with E-state index in [1.807, 2.05) is 0 Å². The quantitative estimate of drug-likeness (QED) is 0.310. The summed E-state index contributed by atoms with van der Waals surface area (Å²) in [6, 6.07) is 12.6. The van der Waals surface area contributed by atoms with E-state index in [2.05, 4.69) is 15.9 Å². The number of carbonyl (C=O) groups excluding carboxylic acids is 2. The molecule has 8 heteroatoms. The second-order valence-corrected chi connectivity index (χ2v) is 5.58. The Hall–Kier alpha value is -2.74. The van der Waals surface area contributed by atoms with Crippen molar-refractivity contribution in [1.29, 1.82) is 0 Å². The highest BCUT2D eigenvalue weighted by atomic mass is 79.9. The number of esters is 1. The molecule has 0 heterocycles. The van der Waals surface area contributed by atoms with E-state index in [0.717, 1.165) is 10.0 Å². The van der Waals surface area contributed by atoms with E-state index in [-0.39, 0.29) is 24.3 Å². The normalized spacial score (nSPS) is 11.4. The Balaban J connectivity index is 2.17. The molecule has 0 amide bonds. The average Bonchev–Trinajstić information content (AvgIpc) is 2.59. The van der Waals surface area contributed by atoms with Crippen molar-refractivity contribution in [3.05, 3.63) is 74.2 Å². The zero-order chi connectivity index (χ0) is 17.5. The number of ether oxygens (including phenoxy) is 2. The van der Waals surface area contributed by atoms with Gasteiger partial charge in [-0.2, -0.15) is 0 Å². The summed E-state index contributed by atoms with van der Waals surface area (Å²) in [5.74, 6) is -0.890. The smallest absolute Gasteiger partial charge is 0.352 e. The molecule has 0 spiro atoms. The minimum Gasteiger partial charge on any atom is -0.458 e. The van der Waals surface area contributed by atoms with Crippen LogP contribution in [0.25, 0.3) is 0 Å². The van der Waals surface area contributed by atoms with Crippen LogP contribution in [0.4, 0.5) is 5.69 Å². The highest BCUT2D eigenvalue weighted by molar-refractivity contribution is 9.10. The van der Waals surface area contributed by atoms with E-state index >= 15 is 0 Å².